The maximum Gasteiger partial charge on any atom is 0.320 e. The van der Waals surface area contributed by atoms with Crippen LogP contribution in [0.3, 0.4) is 0 Å². The van der Waals surface area contributed by atoms with Gasteiger partial charge in [-0.1, -0.05) is 0 Å². The van der Waals surface area contributed by atoms with Gasteiger partial charge in [-0.2, -0.15) is 8.42 Å². The number of hydrogen-bond donors (Lipinski definition) is 3. The van der Waals surface area contributed by atoms with Crippen molar-refractivity contribution in [3.05, 3.63) is 0 Å². The van der Waals surface area contributed by atoms with Gasteiger partial charge in [0.25, 0.3) is 0 Å². The van der Waals surface area contributed by atoms with E-state index in [4.69, 9.17) is 10.3 Å². The van der Waals surface area contributed by atoms with E-state index in [1.165, 1.54) is 19.3 Å². The van der Waals surface area contributed by atoms with Gasteiger partial charge in [-0.25, -0.2) is 0 Å². The Balaban J connectivity index is 1.55. The van der Waals surface area contributed by atoms with E-state index in [9.17, 15) is 13.5 Å². The molecule has 126 valence electrons. The van der Waals surface area contributed by atoms with Crippen LogP contribution in [-0.2, 0) is 9.15 Å². The Hall–Kier alpha value is -0.310. The van der Waals surface area contributed by atoms with Gasteiger partial charge < -0.3 is 10.8 Å². The van der Waals surface area contributed by atoms with Gasteiger partial charge in [0.05, 0.1) is 11.4 Å². The van der Waals surface area contributed by atoms with Gasteiger partial charge in [0, 0.05) is 17.3 Å². The predicted octanol–water partition coefficient (Wildman–Crippen LogP) is 1.60. The Bertz CT molecular complexity index is 561. The number of aliphatic hydroxyl groups is 1. The molecule has 0 aromatic heterocycles. The van der Waals surface area contributed by atoms with Gasteiger partial charge in [-0.15, -0.1) is 0 Å². The fourth-order valence-electron chi connectivity index (χ4n) is 5.31. The van der Waals surface area contributed by atoms with Crippen molar-refractivity contribution in [2.45, 2.75) is 50.5 Å². The van der Waals surface area contributed by atoms with Gasteiger partial charge in [0.1, 0.15) is 5.84 Å². The van der Waals surface area contributed by atoms with Crippen LogP contribution in [0.1, 0.15) is 44.9 Å². The van der Waals surface area contributed by atoms with Crippen molar-refractivity contribution in [2.75, 3.05) is 12.3 Å². The highest BCUT2D eigenvalue weighted by Crippen LogP contribution is 2.62. The number of nitrogens with two attached hydrogens (primary N) is 1. The summed E-state index contributed by atoms with van der Waals surface area (Å²) in [4.78, 5) is 4.24. The van der Waals surface area contributed by atoms with Gasteiger partial charge in [-0.3, -0.25) is 9.55 Å². The number of hydrogen-bond acceptors (Lipinski definition) is 5. The van der Waals surface area contributed by atoms with E-state index in [1.807, 2.05) is 0 Å². The molecule has 22 heavy (non-hydrogen) atoms. The molecule has 0 saturated heterocycles. The molecule has 0 heterocycles. The first-order valence-electron chi connectivity index (χ1n) is 7.80. The molecule has 4 rings (SSSR count). The van der Waals surface area contributed by atoms with Crippen LogP contribution in [0.2, 0.25) is 0 Å². The minimum absolute atomic E-state index is 0.0129. The molecular weight excluding hydrogens is 324 g/mol. The summed E-state index contributed by atoms with van der Waals surface area (Å²) < 4.78 is 30.0. The first-order chi connectivity index (χ1) is 10.2. The third-order valence-electron chi connectivity index (χ3n) is 5.46. The summed E-state index contributed by atoms with van der Waals surface area (Å²) in [7, 11) is -3.68. The second kappa shape index (κ2) is 5.65. The van der Waals surface area contributed by atoms with Gasteiger partial charge in [0.15, 0.2) is 0 Å². The molecule has 4 bridgehead atoms. The van der Waals surface area contributed by atoms with Gasteiger partial charge in [0.2, 0.25) is 0 Å². The van der Waals surface area contributed by atoms with E-state index in [0.717, 1.165) is 25.7 Å². The van der Waals surface area contributed by atoms with Crippen LogP contribution in [0.25, 0.3) is 0 Å². The SMILES string of the molecule is NC(CSS(=O)(=O)O)=NCCC12C[C@@H]3C[C@H](CC(O)(C3)C1)C2. The topological polar surface area (TPSA) is 113 Å². The highest BCUT2D eigenvalue weighted by Gasteiger charge is 2.56. The standard InChI is InChI=1S/C14H24N2O4S2/c15-12(8-21-22(18,19)20)16-2-1-13-4-10-3-11(5-13)7-14(17,6-10)9-13/h10-11,17H,1-9H2,(H2,15,16)(H,18,19,20)/t10-,11-,13?,14?/m0/s1. The van der Waals surface area contributed by atoms with Crippen LogP contribution in [0.4, 0.5) is 0 Å². The van der Waals surface area contributed by atoms with Crippen LogP contribution >= 0.6 is 10.8 Å². The zero-order valence-electron chi connectivity index (χ0n) is 12.6. The normalized spacial score (nSPS) is 41.1. The molecule has 4 aliphatic rings. The zero-order valence-corrected chi connectivity index (χ0v) is 14.2. The molecular formula is C14H24N2O4S2. The van der Waals surface area contributed by atoms with Crippen molar-refractivity contribution in [2.24, 2.45) is 28.0 Å². The molecule has 2 atom stereocenters. The monoisotopic (exact) mass is 348 g/mol. The van der Waals surface area contributed by atoms with E-state index in [2.05, 4.69) is 4.99 Å². The summed E-state index contributed by atoms with van der Waals surface area (Å²) in [5.74, 6) is 1.54. The minimum Gasteiger partial charge on any atom is -0.390 e. The average molecular weight is 348 g/mol. The number of amidine groups is 1. The smallest absolute Gasteiger partial charge is 0.320 e. The lowest BCUT2D eigenvalue weighted by Crippen LogP contribution is -2.55. The highest BCUT2D eigenvalue weighted by atomic mass is 33.1. The summed E-state index contributed by atoms with van der Waals surface area (Å²) in [5, 5.41) is 10.7. The second-order valence-electron chi connectivity index (χ2n) is 7.50. The van der Waals surface area contributed by atoms with E-state index < -0.39 is 14.8 Å². The molecule has 8 heteroatoms. The third kappa shape index (κ3) is 3.77. The molecule has 0 aromatic rings. The summed E-state index contributed by atoms with van der Waals surface area (Å²) in [5.41, 5.74) is 5.42. The summed E-state index contributed by atoms with van der Waals surface area (Å²) in [6, 6.07) is 0. The van der Waals surface area contributed by atoms with Gasteiger partial charge in [-0.05, 0) is 62.2 Å². The molecule has 0 aromatic carbocycles. The molecule has 0 radical (unpaired) electrons. The molecule has 4 aliphatic carbocycles. The summed E-state index contributed by atoms with van der Waals surface area (Å²) in [6.07, 6.45) is 7.33. The zero-order chi connectivity index (χ0) is 16.0. The van der Waals surface area contributed by atoms with Crippen LogP contribution < -0.4 is 5.73 Å². The number of rotatable bonds is 6. The number of nitrogens with zero attached hydrogens (tertiary/aromatic N) is 1. The average Bonchev–Trinajstić information content (AvgIpc) is 2.32. The van der Waals surface area contributed by atoms with Crippen molar-refractivity contribution in [3.63, 3.8) is 0 Å². The van der Waals surface area contributed by atoms with Crippen molar-refractivity contribution < 1.29 is 18.1 Å². The van der Waals surface area contributed by atoms with E-state index >= 15 is 0 Å². The van der Waals surface area contributed by atoms with E-state index in [-0.39, 0.29) is 17.0 Å². The molecule has 0 aliphatic heterocycles. The maximum absolute atomic E-state index is 10.7. The molecule has 0 unspecified atom stereocenters. The lowest BCUT2D eigenvalue weighted by atomic mass is 9.47. The Labute approximate surface area is 135 Å². The minimum atomic E-state index is -4.07. The lowest BCUT2D eigenvalue weighted by Gasteiger charge is -2.60. The van der Waals surface area contributed by atoms with E-state index in [1.54, 1.807) is 0 Å². The molecule has 0 spiro atoms. The Morgan fingerprint density at radius 3 is 2.45 bits per heavy atom. The lowest BCUT2D eigenvalue weighted by molar-refractivity contribution is -0.164. The fraction of sp³-hybridized carbons (Fsp3) is 0.929. The second-order valence-corrected chi connectivity index (χ2v) is 10.8. The van der Waals surface area contributed by atoms with Crippen LogP contribution in [0.5, 0.6) is 0 Å². The summed E-state index contributed by atoms with van der Waals surface area (Å²) in [6.45, 7) is 0.563. The highest BCUT2D eigenvalue weighted by molar-refractivity contribution is 8.70. The van der Waals surface area contributed by atoms with Crippen LogP contribution in [0, 0.1) is 17.3 Å². The quantitative estimate of drug-likeness (QED) is 0.291. The Kier molecular flexibility index (Phi) is 4.25. The maximum atomic E-state index is 10.7. The third-order valence-corrected chi connectivity index (χ3v) is 7.42. The predicted molar refractivity (Wildman–Crippen MR) is 87.2 cm³/mol. The molecule has 0 amide bonds. The van der Waals surface area contributed by atoms with Crippen molar-refractivity contribution in [1.82, 2.24) is 0 Å². The van der Waals surface area contributed by atoms with Crippen molar-refractivity contribution >= 4 is 25.8 Å². The molecule has 4 saturated carbocycles. The Morgan fingerprint density at radius 1 is 1.27 bits per heavy atom. The number of aliphatic imine (C=N–C) groups is 1. The first-order valence-corrected chi connectivity index (χ1v) is 10.7. The largest absolute Gasteiger partial charge is 0.390 e. The molecule has 4 fully saturated rings. The van der Waals surface area contributed by atoms with Crippen LogP contribution in [-0.4, -0.2) is 41.8 Å². The van der Waals surface area contributed by atoms with Crippen molar-refractivity contribution in [3.8, 4) is 0 Å². The van der Waals surface area contributed by atoms with Crippen LogP contribution in [0.15, 0.2) is 4.99 Å². The molecule has 4 N–H and O–H groups in total. The van der Waals surface area contributed by atoms with E-state index in [0.29, 0.717) is 29.2 Å². The summed E-state index contributed by atoms with van der Waals surface area (Å²) >= 11 is 0. The molecule has 6 nitrogen and oxygen atoms in total. The first kappa shape index (κ1) is 16.5. The fourth-order valence-corrected chi connectivity index (χ4v) is 6.48. The Morgan fingerprint density at radius 2 is 1.91 bits per heavy atom. The van der Waals surface area contributed by atoms with Crippen molar-refractivity contribution in [1.29, 1.82) is 0 Å². The van der Waals surface area contributed by atoms with Gasteiger partial charge >= 0.3 is 9.15 Å².